The van der Waals surface area contributed by atoms with Crippen LogP contribution in [-0.2, 0) is 42.2 Å². The number of carbonyl (C=O) groups is 4. The minimum absolute atomic E-state index is 0.0111. The molecule has 1 aromatic heterocycles. The lowest BCUT2D eigenvalue weighted by atomic mass is 9.65. The predicted molar refractivity (Wildman–Crippen MR) is 203 cm³/mol. The van der Waals surface area contributed by atoms with E-state index in [1.54, 1.807) is 27.7 Å². The standard InChI is InChI=1S/C40H53N5O9S/c1-37(2,3)54-36(50)42-29-15-9-7-5-6-8-12-25-16-19-40(25,35(49)44-55(51,52)38(4)20-21-38)43-33(47)31-22-39(24-45(31)34(29)48)18-17-27-26-13-10-11-14-28(26)41-30(23-46)32(27)53-39/h8,10-14,25,29,31,46H,5-7,9,15-24H2,1-4H3,(H,42,50)(H,43,47)(H,44,49). The van der Waals surface area contributed by atoms with Crippen molar-refractivity contribution in [1.29, 1.82) is 0 Å². The van der Waals surface area contributed by atoms with E-state index in [9.17, 15) is 32.7 Å². The second-order valence-corrected chi connectivity index (χ2v) is 19.5. The summed E-state index contributed by atoms with van der Waals surface area (Å²) >= 11 is 0. The van der Waals surface area contributed by atoms with Crippen LogP contribution in [0.2, 0.25) is 0 Å². The second-order valence-electron chi connectivity index (χ2n) is 17.3. The molecular formula is C40H53N5O9S. The zero-order chi connectivity index (χ0) is 39.4. The van der Waals surface area contributed by atoms with Crippen LogP contribution in [0.1, 0.15) is 110 Å². The molecule has 1 spiro atoms. The van der Waals surface area contributed by atoms with Crippen molar-refractivity contribution in [2.24, 2.45) is 5.92 Å². The molecule has 1 saturated heterocycles. The van der Waals surface area contributed by atoms with Gasteiger partial charge in [0, 0.05) is 23.3 Å². The van der Waals surface area contributed by atoms with Crippen LogP contribution >= 0.6 is 0 Å². The van der Waals surface area contributed by atoms with Crippen LogP contribution in [-0.4, -0.2) is 87.3 Å². The fourth-order valence-corrected chi connectivity index (χ4v) is 9.79. The molecule has 7 rings (SSSR count). The van der Waals surface area contributed by atoms with E-state index in [4.69, 9.17) is 9.47 Å². The maximum atomic E-state index is 14.8. The van der Waals surface area contributed by atoms with E-state index < -0.39 is 73.3 Å². The lowest BCUT2D eigenvalue weighted by Crippen LogP contribution is -2.70. The first-order chi connectivity index (χ1) is 26.0. The molecule has 2 saturated carbocycles. The Morgan fingerprint density at radius 3 is 2.55 bits per heavy atom. The maximum absolute atomic E-state index is 14.8. The summed E-state index contributed by atoms with van der Waals surface area (Å²) < 4.78 is 40.2. The Morgan fingerprint density at radius 2 is 1.85 bits per heavy atom. The Bertz CT molecular complexity index is 2030. The summed E-state index contributed by atoms with van der Waals surface area (Å²) in [5.74, 6) is -1.94. The minimum atomic E-state index is -4.02. The van der Waals surface area contributed by atoms with Gasteiger partial charge in [-0.25, -0.2) is 18.2 Å². The molecule has 4 N–H and O–H groups in total. The van der Waals surface area contributed by atoms with Gasteiger partial charge in [-0.1, -0.05) is 43.2 Å². The van der Waals surface area contributed by atoms with Crippen molar-refractivity contribution in [2.45, 2.75) is 145 Å². The molecule has 14 nitrogen and oxygen atoms in total. The number of aliphatic hydroxyl groups excluding tert-OH is 1. The van der Waals surface area contributed by atoms with Gasteiger partial charge in [-0.3, -0.25) is 19.1 Å². The number of allylic oxidation sites excluding steroid dienone is 1. The zero-order valence-electron chi connectivity index (χ0n) is 32.1. The SMILES string of the molecule is CC(C)(C)OC(=O)NC1CCCCCC=CC2CCC2(C(=O)NS(=O)(=O)C2(C)CC2)NC(=O)C2CC3(CCc4c(c(CO)nc5ccccc45)O3)CN2C1=O. The number of nitrogens with one attached hydrogen (secondary N) is 3. The van der Waals surface area contributed by atoms with Gasteiger partial charge in [0.2, 0.25) is 21.8 Å². The molecule has 0 radical (unpaired) electrons. The largest absolute Gasteiger partial charge is 0.483 e. The molecule has 2 aromatic rings. The quantitative estimate of drug-likeness (QED) is 0.322. The van der Waals surface area contributed by atoms with Gasteiger partial charge in [0.05, 0.1) is 23.4 Å². The van der Waals surface area contributed by atoms with Gasteiger partial charge >= 0.3 is 6.09 Å². The Labute approximate surface area is 322 Å². The number of sulfonamides is 1. The Balaban J connectivity index is 1.26. The molecule has 2 aliphatic carbocycles. The van der Waals surface area contributed by atoms with Crippen molar-refractivity contribution in [3.05, 3.63) is 47.7 Å². The molecule has 3 aliphatic heterocycles. The number of ether oxygens (including phenoxy) is 2. The van der Waals surface area contributed by atoms with E-state index in [0.717, 1.165) is 29.3 Å². The number of aryl methyl sites for hydroxylation is 1. The number of benzene rings is 1. The minimum Gasteiger partial charge on any atom is -0.483 e. The number of carbonyl (C=O) groups excluding carboxylic acids is 4. The fraction of sp³-hybridized carbons (Fsp3) is 0.625. The fourth-order valence-electron chi connectivity index (χ4n) is 8.48. The van der Waals surface area contributed by atoms with Crippen molar-refractivity contribution in [2.75, 3.05) is 6.54 Å². The molecule has 5 unspecified atom stereocenters. The topological polar surface area (TPSA) is 193 Å². The van der Waals surface area contributed by atoms with Crippen LogP contribution in [0.25, 0.3) is 10.9 Å². The second kappa shape index (κ2) is 14.4. The smallest absolute Gasteiger partial charge is 0.408 e. The number of nitrogens with zero attached hydrogens (tertiary/aromatic N) is 2. The normalized spacial score (nSPS) is 29.3. The third-order valence-corrected chi connectivity index (χ3v) is 14.3. The molecule has 1 aromatic carbocycles. The Morgan fingerprint density at radius 1 is 1.09 bits per heavy atom. The Kier molecular flexibility index (Phi) is 10.2. The van der Waals surface area contributed by atoms with Crippen molar-refractivity contribution in [3.8, 4) is 5.75 Å². The summed E-state index contributed by atoms with van der Waals surface area (Å²) in [4.78, 5) is 62.9. The summed E-state index contributed by atoms with van der Waals surface area (Å²) in [7, 11) is -4.02. The summed E-state index contributed by atoms with van der Waals surface area (Å²) in [6.45, 7) is 6.40. The van der Waals surface area contributed by atoms with Crippen LogP contribution in [0.3, 0.4) is 0 Å². The van der Waals surface area contributed by atoms with Crippen molar-refractivity contribution >= 4 is 44.7 Å². The van der Waals surface area contributed by atoms with E-state index in [-0.39, 0.29) is 26.0 Å². The number of hydrogen-bond donors (Lipinski definition) is 4. The maximum Gasteiger partial charge on any atom is 0.408 e. The number of alkyl carbamates (subject to hydrolysis) is 1. The van der Waals surface area contributed by atoms with Gasteiger partial charge in [0.25, 0.3) is 5.91 Å². The highest BCUT2D eigenvalue weighted by Gasteiger charge is 2.59. The number of pyridine rings is 1. The number of aliphatic hydroxyl groups is 1. The highest BCUT2D eigenvalue weighted by atomic mass is 32.2. The summed E-state index contributed by atoms with van der Waals surface area (Å²) in [6, 6.07) is 5.45. The summed E-state index contributed by atoms with van der Waals surface area (Å²) in [6.07, 6.45) is 8.91. The van der Waals surface area contributed by atoms with Crippen LogP contribution in [0, 0.1) is 5.92 Å². The summed E-state index contributed by atoms with van der Waals surface area (Å²) in [5.41, 5.74) is -1.49. The number of fused-ring (bicyclic) bond motifs is 5. The molecule has 298 valence electrons. The number of rotatable bonds is 5. The molecule has 5 atom stereocenters. The van der Waals surface area contributed by atoms with Crippen LogP contribution in [0.4, 0.5) is 4.79 Å². The Hall–Kier alpha value is -4.24. The van der Waals surface area contributed by atoms with Gasteiger partial charge in [-0.15, -0.1) is 0 Å². The van der Waals surface area contributed by atoms with E-state index in [2.05, 4.69) is 20.3 Å². The molecule has 4 amide bonds. The number of para-hydroxylation sites is 1. The molecule has 0 bridgehead atoms. The molecule has 15 heteroatoms. The van der Waals surface area contributed by atoms with Crippen molar-refractivity contribution in [3.63, 3.8) is 0 Å². The van der Waals surface area contributed by atoms with E-state index >= 15 is 0 Å². The molecule has 3 fully saturated rings. The van der Waals surface area contributed by atoms with Gasteiger partial charge in [-0.2, -0.15) is 0 Å². The number of hydrogen-bond acceptors (Lipinski definition) is 10. The number of amides is 4. The lowest BCUT2D eigenvalue weighted by Gasteiger charge is -2.48. The van der Waals surface area contributed by atoms with E-state index in [1.807, 2.05) is 36.4 Å². The monoisotopic (exact) mass is 779 g/mol. The van der Waals surface area contributed by atoms with Gasteiger partial charge in [0.1, 0.15) is 40.3 Å². The third kappa shape index (κ3) is 7.53. The van der Waals surface area contributed by atoms with Crippen LogP contribution in [0.15, 0.2) is 36.4 Å². The third-order valence-electron chi connectivity index (χ3n) is 12.1. The lowest BCUT2D eigenvalue weighted by molar-refractivity contribution is -0.144. The number of aromatic nitrogens is 1. The van der Waals surface area contributed by atoms with Gasteiger partial charge in [0.15, 0.2) is 0 Å². The van der Waals surface area contributed by atoms with Crippen LogP contribution < -0.4 is 20.1 Å². The van der Waals surface area contributed by atoms with Gasteiger partial charge in [-0.05, 0) is 91.5 Å². The average molecular weight is 780 g/mol. The van der Waals surface area contributed by atoms with Crippen molar-refractivity contribution in [1.82, 2.24) is 25.2 Å². The highest BCUT2D eigenvalue weighted by molar-refractivity contribution is 7.91. The molecule has 5 aliphatic rings. The average Bonchev–Trinajstić information content (AvgIpc) is 3.78. The first-order valence-electron chi connectivity index (χ1n) is 19.5. The molecule has 55 heavy (non-hydrogen) atoms. The highest BCUT2D eigenvalue weighted by Crippen LogP contribution is 2.47. The van der Waals surface area contributed by atoms with Gasteiger partial charge < -0.3 is 30.1 Å². The molecule has 4 heterocycles. The van der Waals surface area contributed by atoms with Crippen LogP contribution in [0.5, 0.6) is 5.75 Å². The van der Waals surface area contributed by atoms with Crippen molar-refractivity contribution < 1.29 is 42.2 Å². The predicted octanol–water partition coefficient (Wildman–Crippen LogP) is 4.07. The first-order valence-corrected chi connectivity index (χ1v) is 21.0. The molecular weight excluding hydrogens is 727 g/mol. The van der Waals surface area contributed by atoms with E-state index in [0.29, 0.717) is 62.8 Å². The zero-order valence-corrected chi connectivity index (χ0v) is 32.9. The van der Waals surface area contributed by atoms with E-state index in [1.165, 1.54) is 4.90 Å². The first kappa shape index (κ1) is 39.0. The summed E-state index contributed by atoms with van der Waals surface area (Å²) in [5, 5.41) is 17.0.